The molecule has 2 aromatic carbocycles. The van der Waals surface area contributed by atoms with Crippen molar-refractivity contribution in [2.24, 2.45) is 0 Å². The van der Waals surface area contributed by atoms with Crippen LogP contribution in [0.3, 0.4) is 0 Å². The molecular formula is C38H44FN7O4. The van der Waals surface area contributed by atoms with Gasteiger partial charge in [0.2, 0.25) is 5.91 Å². The van der Waals surface area contributed by atoms with Crippen molar-refractivity contribution in [2.45, 2.75) is 63.8 Å². The van der Waals surface area contributed by atoms with Gasteiger partial charge in [0.05, 0.1) is 18.7 Å². The lowest BCUT2D eigenvalue weighted by atomic mass is 9.95. The summed E-state index contributed by atoms with van der Waals surface area (Å²) in [7, 11) is 1.51. The number of aromatic amines is 1. The van der Waals surface area contributed by atoms with E-state index in [2.05, 4.69) is 38.9 Å². The number of fused-ring (bicyclic) bond motifs is 1. The SMILES string of the molecule is C=C(OC1(C)CC1)N1CCN(C(=O)[C@@H]2CC[C@@H](NC(=O)c3ccc4[nH]nc(-c5ccnc(C)c5)c4c3)CN2Cc2c(F)cccc2OC)CC1. The molecule has 0 spiro atoms. The first kappa shape index (κ1) is 33.5. The van der Waals surface area contributed by atoms with E-state index < -0.39 is 11.9 Å². The van der Waals surface area contributed by atoms with Crippen molar-refractivity contribution < 1.29 is 23.5 Å². The number of carbonyl (C=O) groups excluding carboxylic acids is 2. The molecule has 0 bridgehead atoms. The second-order valence-corrected chi connectivity index (χ2v) is 13.9. The number of H-pyrrole nitrogens is 1. The van der Waals surface area contributed by atoms with Crippen LogP contribution in [0.15, 0.2) is 67.2 Å². The first-order valence-corrected chi connectivity index (χ1v) is 17.3. The number of carbonyl (C=O) groups is 2. The Labute approximate surface area is 291 Å². The number of nitrogens with zero attached hydrogens (tertiary/aromatic N) is 5. The van der Waals surface area contributed by atoms with Crippen molar-refractivity contribution in [3.8, 4) is 17.0 Å². The predicted octanol–water partition coefficient (Wildman–Crippen LogP) is 5.03. The third-order valence-electron chi connectivity index (χ3n) is 10.2. The number of piperidine rings is 1. The van der Waals surface area contributed by atoms with Crippen LogP contribution in [0.5, 0.6) is 5.75 Å². The maximum absolute atomic E-state index is 15.2. The molecule has 1 saturated carbocycles. The number of halogens is 1. The molecule has 262 valence electrons. The van der Waals surface area contributed by atoms with Gasteiger partial charge in [0.1, 0.15) is 22.9 Å². The molecular weight excluding hydrogens is 637 g/mol. The van der Waals surface area contributed by atoms with Crippen LogP contribution >= 0.6 is 0 Å². The van der Waals surface area contributed by atoms with Gasteiger partial charge in [-0.3, -0.25) is 24.6 Å². The minimum atomic E-state index is -0.475. The average molecular weight is 682 g/mol. The van der Waals surface area contributed by atoms with Crippen LogP contribution < -0.4 is 10.1 Å². The summed E-state index contributed by atoms with van der Waals surface area (Å²) in [5.41, 5.74) is 4.14. The first-order valence-electron chi connectivity index (χ1n) is 17.3. The van der Waals surface area contributed by atoms with E-state index >= 15 is 4.39 Å². The summed E-state index contributed by atoms with van der Waals surface area (Å²) in [6.45, 7) is 11.1. The summed E-state index contributed by atoms with van der Waals surface area (Å²) in [5, 5.41) is 11.6. The number of rotatable bonds is 10. The van der Waals surface area contributed by atoms with Crippen molar-refractivity contribution in [1.82, 2.24) is 35.2 Å². The number of likely N-dealkylation sites (tertiary alicyclic amines) is 1. The average Bonchev–Trinajstić information content (AvgIpc) is 3.69. The van der Waals surface area contributed by atoms with E-state index in [-0.39, 0.29) is 30.0 Å². The van der Waals surface area contributed by atoms with Crippen LogP contribution in [0.2, 0.25) is 0 Å². The molecule has 2 N–H and O–H groups in total. The zero-order valence-corrected chi connectivity index (χ0v) is 28.9. The molecule has 1 aliphatic carbocycles. The summed E-state index contributed by atoms with van der Waals surface area (Å²) in [6, 6.07) is 13.3. The van der Waals surface area contributed by atoms with Crippen LogP contribution in [-0.2, 0) is 16.1 Å². The minimum Gasteiger partial charge on any atom is -0.496 e. The lowest BCUT2D eigenvalue weighted by Gasteiger charge is -2.43. The van der Waals surface area contributed by atoms with Gasteiger partial charge < -0.3 is 24.6 Å². The molecule has 7 rings (SSSR count). The molecule has 2 amide bonds. The fourth-order valence-electron chi connectivity index (χ4n) is 7.05. The zero-order valence-electron chi connectivity index (χ0n) is 28.9. The molecule has 0 radical (unpaired) electrons. The zero-order chi connectivity index (χ0) is 35.0. The highest BCUT2D eigenvalue weighted by Gasteiger charge is 2.42. The highest BCUT2D eigenvalue weighted by Crippen LogP contribution is 2.41. The highest BCUT2D eigenvalue weighted by molar-refractivity contribution is 6.01. The van der Waals surface area contributed by atoms with E-state index in [1.54, 1.807) is 24.4 Å². The molecule has 3 aliphatic rings. The standard InChI is InChI=1S/C38H44FN7O4/c1-24-20-26(12-15-40-24)35-29-21-27(8-10-32(29)42-43-35)36(47)41-28-9-11-33(46(22-28)23-30-31(39)6-5-7-34(30)49-4)37(48)45-18-16-44(17-19-45)25(2)50-38(3)13-14-38/h5-8,10,12,15,20-21,28,33H,2,9,11,13-14,16-19,22-23H2,1,3-4H3,(H,41,47)(H,42,43)/t28-,33+/m1/s1. The van der Waals surface area contributed by atoms with Crippen LogP contribution in [0, 0.1) is 12.7 Å². The predicted molar refractivity (Wildman–Crippen MR) is 188 cm³/mol. The molecule has 2 atom stereocenters. The van der Waals surface area contributed by atoms with E-state index in [4.69, 9.17) is 9.47 Å². The number of aromatic nitrogens is 3. The van der Waals surface area contributed by atoms with Gasteiger partial charge in [-0.15, -0.1) is 0 Å². The van der Waals surface area contributed by atoms with Gasteiger partial charge in [-0.25, -0.2) is 4.39 Å². The smallest absolute Gasteiger partial charge is 0.251 e. The molecule has 4 aromatic rings. The van der Waals surface area contributed by atoms with Gasteiger partial charge in [-0.1, -0.05) is 6.07 Å². The fraction of sp³-hybridized carbons (Fsp3) is 0.421. The number of amides is 2. The van der Waals surface area contributed by atoms with Crippen molar-refractivity contribution in [3.05, 3.63) is 89.8 Å². The van der Waals surface area contributed by atoms with E-state index in [0.29, 0.717) is 68.3 Å². The number of aryl methyl sites for hydroxylation is 1. The van der Waals surface area contributed by atoms with E-state index in [1.165, 1.54) is 13.2 Å². The van der Waals surface area contributed by atoms with Gasteiger partial charge in [-0.05, 0) is 88.6 Å². The summed E-state index contributed by atoms with van der Waals surface area (Å²) in [6.07, 6.45) is 4.92. The monoisotopic (exact) mass is 681 g/mol. The van der Waals surface area contributed by atoms with Crippen molar-refractivity contribution in [2.75, 3.05) is 39.8 Å². The van der Waals surface area contributed by atoms with Gasteiger partial charge >= 0.3 is 0 Å². The Morgan fingerprint density at radius 3 is 2.60 bits per heavy atom. The normalized spacial score (nSPS) is 20.4. The molecule has 11 nitrogen and oxygen atoms in total. The maximum Gasteiger partial charge on any atom is 0.251 e. The van der Waals surface area contributed by atoms with Crippen molar-refractivity contribution in [1.29, 1.82) is 0 Å². The number of benzene rings is 2. The molecule has 12 heteroatoms. The van der Waals surface area contributed by atoms with Crippen LogP contribution in [0.4, 0.5) is 4.39 Å². The number of hydrogen-bond donors (Lipinski definition) is 2. The highest BCUT2D eigenvalue weighted by atomic mass is 19.1. The Kier molecular flexibility index (Phi) is 9.21. The van der Waals surface area contributed by atoms with E-state index in [9.17, 15) is 9.59 Å². The number of hydrogen-bond acceptors (Lipinski definition) is 8. The number of methoxy groups -OCH3 is 1. The van der Waals surface area contributed by atoms with Gasteiger partial charge in [-0.2, -0.15) is 5.10 Å². The van der Waals surface area contributed by atoms with Gasteiger partial charge in [0, 0.05) is 79.3 Å². The second-order valence-electron chi connectivity index (χ2n) is 13.9. The lowest BCUT2D eigenvalue weighted by molar-refractivity contribution is -0.141. The Balaban J connectivity index is 1.07. The van der Waals surface area contributed by atoms with Crippen LogP contribution in [0.1, 0.15) is 54.2 Å². The summed E-state index contributed by atoms with van der Waals surface area (Å²) in [5.74, 6) is 0.480. The molecule has 0 unspecified atom stereocenters. The van der Waals surface area contributed by atoms with Crippen molar-refractivity contribution in [3.63, 3.8) is 0 Å². The number of pyridine rings is 1. The maximum atomic E-state index is 15.2. The molecule has 3 fully saturated rings. The molecule has 2 aliphatic heterocycles. The Hall–Kier alpha value is -4.97. The van der Waals surface area contributed by atoms with Crippen LogP contribution in [-0.4, -0.2) is 99.2 Å². The van der Waals surface area contributed by atoms with E-state index in [0.717, 1.165) is 40.7 Å². The Morgan fingerprint density at radius 2 is 1.86 bits per heavy atom. The van der Waals surface area contributed by atoms with Crippen molar-refractivity contribution >= 4 is 22.7 Å². The Morgan fingerprint density at radius 1 is 1.08 bits per heavy atom. The Bertz CT molecular complexity index is 1920. The molecule has 50 heavy (non-hydrogen) atoms. The first-order chi connectivity index (χ1) is 24.1. The largest absolute Gasteiger partial charge is 0.496 e. The molecule has 4 heterocycles. The summed E-state index contributed by atoms with van der Waals surface area (Å²) < 4.78 is 26.8. The van der Waals surface area contributed by atoms with E-state index in [1.807, 2.05) is 41.0 Å². The molecule has 2 saturated heterocycles. The third-order valence-corrected chi connectivity index (χ3v) is 10.2. The second kappa shape index (κ2) is 13.7. The fourth-order valence-corrected chi connectivity index (χ4v) is 7.05. The topological polar surface area (TPSA) is 116 Å². The lowest BCUT2D eigenvalue weighted by Crippen LogP contribution is -2.59. The quantitative estimate of drug-likeness (QED) is 0.224. The minimum absolute atomic E-state index is 0.00899. The number of nitrogens with one attached hydrogen (secondary N) is 2. The third kappa shape index (κ3) is 7.02. The number of piperazine rings is 1. The van der Waals surface area contributed by atoms with Gasteiger partial charge in [0.25, 0.3) is 5.91 Å². The van der Waals surface area contributed by atoms with Crippen LogP contribution in [0.25, 0.3) is 22.2 Å². The summed E-state index contributed by atoms with van der Waals surface area (Å²) >= 11 is 0. The molecule has 2 aromatic heterocycles. The summed E-state index contributed by atoms with van der Waals surface area (Å²) in [4.78, 5) is 38.1. The van der Waals surface area contributed by atoms with Gasteiger partial charge in [0.15, 0.2) is 5.88 Å². The number of ether oxygens (including phenoxy) is 2.